The van der Waals surface area contributed by atoms with E-state index in [0.29, 0.717) is 5.75 Å². The molecule has 0 saturated carbocycles. The van der Waals surface area contributed by atoms with Crippen LogP contribution >= 0.6 is 0 Å². The maximum Gasteiger partial charge on any atom is 0.316 e. The Morgan fingerprint density at radius 3 is 2.17 bits per heavy atom. The lowest BCUT2D eigenvalue weighted by Crippen LogP contribution is -2.36. The second-order valence-electron chi connectivity index (χ2n) is 5.52. The predicted molar refractivity (Wildman–Crippen MR) is 85.7 cm³/mol. The molecule has 2 rings (SSSR count). The summed E-state index contributed by atoms with van der Waals surface area (Å²) in [5.41, 5.74) is 1.57. The van der Waals surface area contributed by atoms with Gasteiger partial charge in [-0.3, -0.25) is 14.4 Å². The zero-order valence-electron chi connectivity index (χ0n) is 14.2. The van der Waals surface area contributed by atoms with E-state index >= 15 is 0 Å². The molecule has 0 radical (unpaired) electrons. The van der Waals surface area contributed by atoms with Crippen molar-refractivity contribution in [3.8, 4) is 5.75 Å². The standard InChI is InChI=1S/C18H22O6/c1-4-23-17(20)13-9-11-7-6-8-15(22-3)12(11)10-14(16(13)19)18(21)24-5-2/h6-8,13-14H,4-5,9-10H2,1-3H3. The van der Waals surface area contributed by atoms with Crippen molar-refractivity contribution in [2.45, 2.75) is 26.7 Å². The lowest BCUT2D eigenvalue weighted by atomic mass is 9.90. The van der Waals surface area contributed by atoms with Gasteiger partial charge in [0.05, 0.1) is 20.3 Å². The molecule has 0 N–H and O–H groups in total. The van der Waals surface area contributed by atoms with Crippen molar-refractivity contribution in [3.05, 3.63) is 29.3 Å². The second-order valence-corrected chi connectivity index (χ2v) is 5.52. The molecule has 2 unspecified atom stereocenters. The summed E-state index contributed by atoms with van der Waals surface area (Å²) < 4.78 is 15.4. The van der Waals surface area contributed by atoms with Crippen molar-refractivity contribution in [1.29, 1.82) is 0 Å². The molecule has 0 saturated heterocycles. The Kier molecular flexibility index (Phi) is 5.95. The maximum atomic E-state index is 12.8. The summed E-state index contributed by atoms with van der Waals surface area (Å²) in [7, 11) is 1.53. The fraction of sp³-hybridized carbons (Fsp3) is 0.500. The van der Waals surface area contributed by atoms with E-state index in [1.54, 1.807) is 26.0 Å². The van der Waals surface area contributed by atoms with Gasteiger partial charge in [0.25, 0.3) is 0 Å². The van der Waals surface area contributed by atoms with Gasteiger partial charge >= 0.3 is 11.9 Å². The smallest absolute Gasteiger partial charge is 0.316 e. The number of esters is 2. The number of rotatable bonds is 5. The largest absolute Gasteiger partial charge is 0.496 e. The Labute approximate surface area is 141 Å². The van der Waals surface area contributed by atoms with Crippen LogP contribution in [0.5, 0.6) is 5.75 Å². The fourth-order valence-corrected chi connectivity index (χ4v) is 2.98. The number of hydrogen-bond donors (Lipinski definition) is 0. The highest BCUT2D eigenvalue weighted by Crippen LogP contribution is 2.33. The number of fused-ring (bicyclic) bond motifs is 1. The molecule has 1 aromatic carbocycles. The summed E-state index contributed by atoms with van der Waals surface area (Å²) in [6, 6.07) is 5.41. The Morgan fingerprint density at radius 2 is 1.62 bits per heavy atom. The van der Waals surface area contributed by atoms with Crippen LogP contribution in [0, 0.1) is 11.8 Å². The molecule has 1 aromatic rings. The number of hydrogen-bond acceptors (Lipinski definition) is 6. The first-order chi connectivity index (χ1) is 11.5. The van der Waals surface area contributed by atoms with E-state index in [4.69, 9.17) is 14.2 Å². The van der Waals surface area contributed by atoms with Crippen LogP contribution in [-0.2, 0) is 36.7 Å². The van der Waals surface area contributed by atoms with E-state index < -0.39 is 29.6 Å². The molecule has 2 atom stereocenters. The Hall–Kier alpha value is -2.37. The van der Waals surface area contributed by atoms with Crippen LogP contribution in [0.15, 0.2) is 18.2 Å². The van der Waals surface area contributed by atoms with Gasteiger partial charge in [-0.05, 0) is 43.9 Å². The molecule has 0 spiro atoms. The van der Waals surface area contributed by atoms with Crippen molar-refractivity contribution in [2.24, 2.45) is 11.8 Å². The van der Waals surface area contributed by atoms with E-state index in [9.17, 15) is 14.4 Å². The van der Waals surface area contributed by atoms with E-state index in [2.05, 4.69) is 0 Å². The van der Waals surface area contributed by atoms with Gasteiger partial charge in [-0.2, -0.15) is 0 Å². The van der Waals surface area contributed by atoms with E-state index in [1.807, 2.05) is 6.07 Å². The van der Waals surface area contributed by atoms with Crippen LogP contribution in [-0.4, -0.2) is 38.0 Å². The second kappa shape index (κ2) is 7.95. The highest BCUT2D eigenvalue weighted by atomic mass is 16.5. The quantitative estimate of drug-likeness (QED) is 0.463. The van der Waals surface area contributed by atoms with Gasteiger partial charge in [-0.1, -0.05) is 12.1 Å². The van der Waals surface area contributed by atoms with E-state index in [-0.39, 0.29) is 26.1 Å². The zero-order chi connectivity index (χ0) is 17.7. The minimum absolute atomic E-state index is 0.160. The molecule has 6 heteroatoms. The predicted octanol–water partition coefficient (Wildman–Crippen LogP) is 1.72. The molecule has 130 valence electrons. The Bertz CT molecular complexity index is 636. The molecule has 0 fully saturated rings. The monoisotopic (exact) mass is 334 g/mol. The number of carbonyl (C=O) groups excluding carboxylic acids is 3. The highest BCUT2D eigenvalue weighted by molar-refractivity contribution is 6.09. The van der Waals surface area contributed by atoms with E-state index in [0.717, 1.165) is 11.1 Å². The van der Waals surface area contributed by atoms with Gasteiger partial charge in [0.1, 0.15) is 17.6 Å². The molecular weight excluding hydrogens is 312 g/mol. The SMILES string of the molecule is CCOC(=O)C1Cc2cccc(OC)c2CC(C(=O)OCC)C1=O. The van der Waals surface area contributed by atoms with Gasteiger partial charge in [0.15, 0.2) is 5.78 Å². The van der Waals surface area contributed by atoms with Crippen LogP contribution in [0.4, 0.5) is 0 Å². The fourth-order valence-electron chi connectivity index (χ4n) is 2.98. The van der Waals surface area contributed by atoms with Crippen molar-refractivity contribution >= 4 is 17.7 Å². The van der Waals surface area contributed by atoms with Crippen LogP contribution in [0.1, 0.15) is 25.0 Å². The molecule has 0 aliphatic heterocycles. The molecule has 1 aliphatic carbocycles. The highest BCUT2D eigenvalue weighted by Gasteiger charge is 2.41. The molecular formula is C18H22O6. The summed E-state index contributed by atoms with van der Waals surface area (Å²) >= 11 is 0. The summed E-state index contributed by atoms with van der Waals surface area (Å²) in [5, 5.41) is 0. The number of methoxy groups -OCH3 is 1. The summed E-state index contributed by atoms with van der Waals surface area (Å²) in [5.74, 6) is -3.11. The zero-order valence-corrected chi connectivity index (χ0v) is 14.2. The topological polar surface area (TPSA) is 78.9 Å². The number of ether oxygens (including phenoxy) is 3. The summed E-state index contributed by atoms with van der Waals surface area (Å²) in [4.78, 5) is 37.3. The molecule has 0 amide bonds. The molecule has 24 heavy (non-hydrogen) atoms. The Morgan fingerprint density at radius 1 is 1.04 bits per heavy atom. The lowest BCUT2D eigenvalue weighted by Gasteiger charge is -2.16. The van der Waals surface area contributed by atoms with Crippen LogP contribution < -0.4 is 4.74 Å². The van der Waals surface area contributed by atoms with Gasteiger partial charge in [-0.15, -0.1) is 0 Å². The molecule has 1 aliphatic rings. The number of Topliss-reactive ketones (excluding diaryl/α,β-unsaturated/α-hetero) is 1. The summed E-state index contributed by atoms with van der Waals surface area (Å²) in [6.45, 7) is 3.71. The minimum atomic E-state index is -1.03. The van der Waals surface area contributed by atoms with Gasteiger partial charge in [0, 0.05) is 0 Å². The van der Waals surface area contributed by atoms with Crippen LogP contribution in [0.2, 0.25) is 0 Å². The Balaban J connectivity index is 2.47. The van der Waals surface area contributed by atoms with Crippen molar-refractivity contribution in [1.82, 2.24) is 0 Å². The third kappa shape index (κ3) is 3.58. The number of carbonyl (C=O) groups is 3. The van der Waals surface area contributed by atoms with Crippen LogP contribution in [0.25, 0.3) is 0 Å². The average molecular weight is 334 g/mol. The third-order valence-electron chi connectivity index (χ3n) is 4.11. The average Bonchev–Trinajstić information content (AvgIpc) is 2.72. The molecule has 0 bridgehead atoms. The molecule has 0 aromatic heterocycles. The lowest BCUT2D eigenvalue weighted by molar-refractivity contribution is -0.157. The number of ketones is 1. The van der Waals surface area contributed by atoms with Gasteiger partial charge in [0.2, 0.25) is 0 Å². The summed E-state index contributed by atoms with van der Waals surface area (Å²) in [6.07, 6.45) is 0.354. The van der Waals surface area contributed by atoms with Crippen molar-refractivity contribution < 1.29 is 28.6 Å². The maximum absolute atomic E-state index is 12.8. The van der Waals surface area contributed by atoms with Gasteiger partial charge in [-0.25, -0.2) is 0 Å². The molecule has 6 nitrogen and oxygen atoms in total. The first-order valence-electron chi connectivity index (χ1n) is 8.05. The minimum Gasteiger partial charge on any atom is -0.496 e. The van der Waals surface area contributed by atoms with E-state index in [1.165, 1.54) is 7.11 Å². The first-order valence-corrected chi connectivity index (χ1v) is 8.05. The first kappa shape index (κ1) is 18.0. The van der Waals surface area contributed by atoms with Crippen molar-refractivity contribution in [2.75, 3.05) is 20.3 Å². The number of benzene rings is 1. The normalized spacial score (nSPS) is 19.9. The van der Waals surface area contributed by atoms with Crippen molar-refractivity contribution in [3.63, 3.8) is 0 Å². The van der Waals surface area contributed by atoms with Crippen LogP contribution in [0.3, 0.4) is 0 Å². The molecule has 0 heterocycles. The van der Waals surface area contributed by atoms with Gasteiger partial charge < -0.3 is 14.2 Å². The third-order valence-corrected chi connectivity index (χ3v) is 4.11.